The van der Waals surface area contributed by atoms with Gasteiger partial charge in [-0.2, -0.15) is 0 Å². The van der Waals surface area contributed by atoms with Gasteiger partial charge in [0.05, 0.1) is 6.61 Å². The zero-order chi connectivity index (χ0) is 12.7. The van der Waals surface area contributed by atoms with Crippen LogP contribution in [-0.4, -0.2) is 30.1 Å². The predicted molar refractivity (Wildman–Crippen MR) is 75.8 cm³/mol. The number of aliphatic hydroxyl groups excluding tert-OH is 1. The SMILES string of the molecule is CCCNC(CO)CSc1ccc(C)c(C)c1. The van der Waals surface area contributed by atoms with Crippen molar-refractivity contribution in [1.29, 1.82) is 0 Å². The van der Waals surface area contributed by atoms with Crippen LogP contribution in [0.2, 0.25) is 0 Å². The van der Waals surface area contributed by atoms with Crippen LogP contribution >= 0.6 is 11.8 Å². The number of aryl methyl sites for hydroxylation is 2. The highest BCUT2D eigenvalue weighted by Crippen LogP contribution is 2.21. The predicted octanol–water partition coefficient (Wildman–Crippen LogP) is 2.76. The normalized spacial score (nSPS) is 12.7. The van der Waals surface area contributed by atoms with E-state index in [2.05, 4.69) is 44.3 Å². The maximum absolute atomic E-state index is 9.25. The smallest absolute Gasteiger partial charge is 0.0592 e. The van der Waals surface area contributed by atoms with Crippen molar-refractivity contribution in [2.75, 3.05) is 18.9 Å². The molecule has 1 atom stereocenters. The maximum atomic E-state index is 9.25. The summed E-state index contributed by atoms with van der Waals surface area (Å²) in [5.74, 6) is 0.916. The first-order chi connectivity index (χ1) is 8.17. The van der Waals surface area contributed by atoms with Crippen molar-refractivity contribution in [2.45, 2.75) is 38.1 Å². The Morgan fingerprint density at radius 3 is 2.65 bits per heavy atom. The molecule has 0 aliphatic rings. The molecule has 0 amide bonds. The highest BCUT2D eigenvalue weighted by Gasteiger charge is 2.07. The van der Waals surface area contributed by atoms with Crippen molar-refractivity contribution in [3.05, 3.63) is 29.3 Å². The minimum Gasteiger partial charge on any atom is -0.395 e. The van der Waals surface area contributed by atoms with E-state index in [0.717, 1.165) is 18.7 Å². The van der Waals surface area contributed by atoms with Gasteiger partial charge in [0.25, 0.3) is 0 Å². The van der Waals surface area contributed by atoms with E-state index < -0.39 is 0 Å². The largest absolute Gasteiger partial charge is 0.395 e. The average Bonchev–Trinajstić information content (AvgIpc) is 2.34. The minimum atomic E-state index is 0.196. The molecule has 0 aliphatic heterocycles. The van der Waals surface area contributed by atoms with Gasteiger partial charge in [-0.3, -0.25) is 0 Å². The van der Waals surface area contributed by atoms with Gasteiger partial charge in [-0.15, -0.1) is 11.8 Å². The molecule has 3 heteroatoms. The molecule has 17 heavy (non-hydrogen) atoms. The van der Waals surface area contributed by atoms with Crippen molar-refractivity contribution < 1.29 is 5.11 Å². The monoisotopic (exact) mass is 253 g/mol. The molecule has 1 rings (SSSR count). The molecule has 0 saturated carbocycles. The summed E-state index contributed by atoms with van der Waals surface area (Å²) in [6, 6.07) is 6.72. The Labute approximate surface area is 109 Å². The van der Waals surface area contributed by atoms with Crippen LogP contribution in [0.25, 0.3) is 0 Å². The van der Waals surface area contributed by atoms with Gasteiger partial charge in [-0.05, 0) is 50.1 Å². The van der Waals surface area contributed by atoms with Crippen molar-refractivity contribution in [2.24, 2.45) is 0 Å². The topological polar surface area (TPSA) is 32.3 Å². The fourth-order valence-electron chi connectivity index (χ4n) is 1.53. The summed E-state index contributed by atoms with van der Waals surface area (Å²) in [4.78, 5) is 1.28. The van der Waals surface area contributed by atoms with Gasteiger partial charge in [0.1, 0.15) is 0 Å². The third-order valence-electron chi connectivity index (χ3n) is 2.83. The van der Waals surface area contributed by atoms with E-state index >= 15 is 0 Å². The lowest BCUT2D eigenvalue weighted by Gasteiger charge is -2.15. The fraction of sp³-hybridized carbons (Fsp3) is 0.571. The first-order valence-electron chi connectivity index (χ1n) is 6.21. The highest BCUT2D eigenvalue weighted by molar-refractivity contribution is 7.99. The summed E-state index contributed by atoms with van der Waals surface area (Å²) in [6.07, 6.45) is 1.10. The van der Waals surface area contributed by atoms with Crippen LogP contribution in [0.5, 0.6) is 0 Å². The summed E-state index contributed by atoms with van der Waals surface area (Å²) < 4.78 is 0. The minimum absolute atomic E-state index is 0.196. The number of hydrogen-bond donors (Lipinski definition) is 2. The Bertz CT molecular complexity index is 341. The summed E-state index contributed by atoms with van der Waals surface area (Å²) >= 11 is 1.80. The number of hydrogen-bond acceptors (Lipinski definition) is 3. The second kappa shape index (κ2) is 7.75. The highest BCUT2D eigenvalue weighted by atomic mass is 32.2. The molecule has 2 N–H and O–H groups in total. The zero-order valence-corrected chi connectivity index (χ0v) is 11.8. The molecule has 0 spiro atoms. The fourth-order valence-corrected chi connectivity index (χ4v) is 2.57. The van der Waals surface area contributed by atoms with Crippen molar-refractivity contribution in [3.63, 3.8) is 0 Å². The molecule has 1 aromatic carbocycles. The van der Waals surface area contributed by atoms with E-state index in [1.165, 1.54) is 16.0 Å². The number of aliphatic hydroxyl groups is 1. The quantitative estimate of drug-likeness (QED) is 0.733. The van der Waals surface area contributed by atoms with Crippen LogP contribution in [-0.2, 0) is 0 Å². The van der Waals surface area contributed by atoms with Gasteiger partial charge in [-0.1, -0.05) is 13.0 Å². The Hall–Kier alpha value is -0.510. The molecule has 0 heterocycles. The van der Waals surface area contributed by atoms with Gasteiger partial charge in [0.15, 0.2) is 0 Å². The third-order valence-corrected chi connectivity index (χ3v) is 3.99. The standard InChI is InChI=1S/C14H23NOS/c1-4-7-15-13(9-16)10-17-14-6-5-11(2)12(3)8-14/h5-6,8,13,15-16H,4,7,9-10H2,1-3H3. The van der Waals surface area contributed by atoms with Gasteiger partial charge in [0, 0.05) is 16.7 Å². The van der Waals surface area contributed by atoms with Crippen LogP contribution in [0.15, 0.2) is 23.1 Å². The van der Waals surface area contributed by atoms with Crippen molar-refractivity contribution in [3.8, 4) is 0 Å². The van der Waals surface area contributed by atoms with E-state index in [0.29, 0.717) is 0 Å². The number of thioether (sulfide) groups is 1. The lowest BCUT2D eigenvalue weighted by molar-refractivity contribution is 0.254. The first-order valence-corrected chi connectivity index (χ1v) is 7.20. The molecule has 2 nitrogen and oxygen atoms in total. The Kier molecular flexibility index (Phi) is 6.63. The summed E-state index contributed by atoms with van der Waals surface area (Å²) in [5, 5.41) is 12.6. The van der Waals surface area contributed by atoms with Crippen LogP contribution in [0.3, 0.4) is 0 Å². The van der Waals surface area contributed by atoms with Crippen LogP contribution < -0.4 is 5.32 Å². The molecule has 1 unspecified atom stereocenters. The summed E-state index contributed by atoms with van der Waals surface area (Å²) in [6.45, 7) is 7.58. The van der Waals surface area contributed by atoms with Gasteiger partial charge >= 0.3 is 0 Å². The second-order valence-electron chi connectivity index (χ2n) is 4.39. The molecule has 0 saturated heterocycles. The summed E-state index contributed by atoms with van der Waals surface area (Å²) in [7, 11) is 0. The Morgan fingerprint density at radius 2 is 2.06 bits per heavy atom. The summed E-state index contributed by atoms with van der Waals surface area (Å²) in [5.41, 5.74) is 2.66. The zero-order valence-electron chi connectivity index (χ0n) is 11.0. The lowest BCUT2D eigenvalue weighted by Crippen LogP contribution is -2.35. The number of nitrogens with one attached hydrogen (secondary N) is 1. The number of rotatable bonds is 7. The lowest BCUT2D eigenvalue weighted by atomic mass is 10.1. The third kappa shape index (κ3) is 5.11. The molecule has 0 aliphatic carbocycles. The van der Waals surface area contributed by atoms with E-state index in [-0.39, 0.29) is 12.6 Å². The van der Waals surface area contributed by atoms with E-state index in [9.17, 15) is 5.11 Å². The Balaban J connectivity index is 2.45. The van der Waals surface area contributed by atoms with E-state index in [4.69, 9.17) is 0 Å². The van der Waals surface area contributed by atoms with Gasteiger partial charge in [0.2, 0.25) is 0 Å². The average molecular weight is 253 g/mol. The van der Waals surface area contributed by atoms with Crippen molar-refractivity contribution >= 4 is 11.8 Å². The first kappa shape index (κ1) is 14.6. The molecular weight excluding hydrogens is 230 g/mol. The van der Waals surface area contributed by atoms with E-state index in [1.807, 2.05) is 0 Å². The van der Waals surface area contributed by atoms with E-state index in [1.54, 1.807) is 11.8 Å². The maximum Gasteiger partial charge on any atom is 0.0592 e. The van der Waals surface area contributed by atoms with Crippen LogP contribution in [0.4, 0.5) is 0 Å². The second-order valence-corrected chi connectivity index (χ2v) is 5.48. The van der Waals surface area contributed by atoms with Crippen LogP contribution in [0.1, 0.15) is 24.5 Å². The molecule has 1 aromatic rings. The Morgan fingerprint density at radius 1 is 1.29 bits per heavy atom. The van der Waals surface area contributed by atoms with Gasteiger partial charge < -0.3 is 10.4 Å². The molecular formula is C14H23NOS. The molecule has 0 fully saturated rings. The van der Waals surface area contributed by atoms with Crippen molar-refractivity contribution in [1.82, 2.24) is 5.32 Å². The molecule has 0 bridgehead atoms. The number of benzene rings is 1. The molecule has 96 valence electrons. The molecule has 0 aromatic heterocycles. The van der Waals surface area contributed by atoms with Crippen LogP contribution in [0, 0.1) is 13.8 Å². The molecule has 0 radical (unpaired) electrons. The van der Waals surface area contributed by atoms with Gasteiger partial charge in [-0.25, -0.2) is 0 Å².